The Morgan fingerprint density at radius 1 is 1.05 bits per heavy atom. The van der Waals surface area contributed by atoms with Crippen molar-refractivity contribution in [3.63, 3.8) is 0 Å². The minimum atomic E-state index is 0.942. The molecule has 0 aliphatic heterocycles. The second-order valence-electron chi connectivity index (χ2n) is 4.94. The van der Waals surface area contributed by atoms with Crippen molar-refractivity contribution in [1.29, 1.82) is 0 Å². The van der Waals surface area contributed by atoms with Crippen molar-refractivity contribution in [2.45, 2.75) is 11.8 Å². The molecule has 2 nitrogen and oxygen atoms in total. The molecule has 0 amide bonds. The molecule has 3 rings (SSSR count). The number of hydrogen-bond donors (Lipinski definition) is 2. The number of quaternary nitrogens is 1. The number of aromatic nitrogens is 1. The first-order valence-corrected chi connectivity index (χ1v) is 7.88. The Morgan fingerprint density at radius 3 is 2.55 bits per heavy atom. The summed E-state index contributed by atoms with van der Waals surface area (Å²) in [5, 5.41) is 1.31. The van der Waals surface area contributed by atoms with Crippen molar-refractivity contribution in [1.82, 2.24) is 4.98 Å². The molecule has 1 aromatic heterocycles. The Balaban J connectivity index is 2.15. The first-order chi connectivity index (χ1) is 9.79. The molecule has 0 unspecified atom stereocenters. The highest BCUT2D eigenvalue weighted by molar-refractivity contribution is 7.99. The van der Waals surface area contributed by atoms with Crippen LogP contribution in [0.1, 0.15) is 5.56 Å². The topological polar surface area (TPSA) is 43.4 Å². The molecule has 0 aliphatic carbocycles. The molecule has 2 aromatic carbocycles. The number of aromatic amines is 1. The third kappa shape index (κ3) is 2.47. The van der Waals surface area contributed by atoms with Gasteiger partial charge in [-0.25, -0.2) is 0 Å². The summed E-state index contributed by atoms with van der Waals surface area (Å²) in [5.41, 5.74) is 8.92. The lowest BCUT2D eigenvalue weighted by atomic mass is 10.1. The van der Waals surface area contributed by atoms with E-state index < -0.39 is 0 Å². The zero-order valence-electron chi connectivity index (χ0n) is 11.6. The lowest BCUT2D eigenvalue weighted by molar-refractivity contribution is -0.360. The molecule has 4 N–H and O–H groups in total. The number of nitrogens with one attached hydrogen (secondary N) is 1. The lowest BCUT2D eigenvalue weighted by Gasteiger charge is -2.04. The molecule has 102 valence electrons. The Morgan fingerprint density at radius 2 is 1.80 bits per heavy atom. The van der Waals surface area contributed by atoms with Gasteiger partial charge in [0, 0.05) is 21.6 Å². The van der Waals surface area contributed by atoms with Crippen LogP contribution in [-0.2, 0) is 0 Å². The van der Waals surface area contributed by atoms with E-state index in [2.05, 4.69) is 66.2 Å². The minimum absolute atomic E-state index is 0.942. The van der Waals surface area contributed by atoms with Gasteiger partial charge >= 0.3 is 0 Å². The van der Waals surface area contributed by atoms with Gasteiger partial charge in [-0.2, -0.15) is 0 Å². The van der Waals surface area contributed by atoms with E-state index >= 15 is 0 Å². The van der Waals surface area contributed by atoms with E-state index in [1.54, 1.807) is 0 Å². The molecule has 3 aromatic rings. The van der Waals surface area contributed by atoms with Crippen LogP contribution in [0, 0.1) is 6.92 Å². The van der Waals surface area contributed by atoms with Crippen LogP contribution in [0.5, 0.6) is 0 Å². The summed E-state index contributed by atoms with van der Waals surface area (Å²) in [6.07, 6.45) is 0. The largest absolute Gasteiger partial charge is 0.357 e. The Labute approximate surface area is 123 Å². The summed E-state index contributed by atoms with van der Waals surface area (Å²) in [7, 11) is 0. The fraction of sp³-hybridized carbons (Fsp3) is 0.176. The molecule has 0 atom stereocenters. The number of rotatable bonds is 4. The number of fused-ring (bicyclic) bond motifs is 1. The van der Waals surface area contributed by atoms with Crippen molar-refractivity contribution < 1.29 is 5.73 Å². The van der Waals surface area contributed by atoms with Gasteiger partial charge in [0.1, 0.15) is 0 Å². The number of thioether (sulfide) groups is 1. The third-order valence-electron chi connectivity index (χ3n) is 3.39. The predicted octanol–water partition coefficient (Wildman–Crippen LogP) is 3.48. The number of H-pyrrole nitrogens is 1. The van der Waals surface area contributed by atoms with Gasteiger partial charge in [-0.1, -0.05) is 48.0 Å². The van der Waals surface area contributed by atoms with E-state index in [1.165, 1.54) is 32.6 Å². The first-order valence-electron chi connectivity index (χ1n) is 6.89. The number of benzene rings is 2. The molecule has 0 fully saturated rings. The normalized spacial score (nSPS) is 11.1. The van der Waals surface area contributed by atoms with E-state index in [1.807, 2.05) is 11.8 Å². The van der Waals surface area contributed by atoms with Crippen LogP contribution < -0.4 is 5.73 Å². The molecule has 0 saturated carbocycles. The van der Waals surface area contributed by atoms with Crippen LogP contribution in [0.4, 0.5) is 0 Å². The third-order valence-corrected chi connectivity index (χ3v) is 4.59. The molecular formula is C17H19N2S+. The standard InChI is InChI=1S/C17H18N2S/c1-12-6-8-13(9-7-12)16-17(20-11-10-18)14-4-2-3-5-15(14)19-16/h2-9,19H,10-11,18H2,1H3/p+1. The average Bonchev–Trinajstić information content (AvgIpc) is 2.84. The summed E-state index contributed by atoms with van der Waals surface area (Å²) < 4.78 is 0. The van der Waals surface area contributed by atoms with Gasteiger partial charge in [0.05, 0.1) is 12.2 Å². The van der Waals surface area contributed by atoms with Gasteiger partial charge in [-0.15, -0.1) is 11.8 Å². The second-order valence-corrected chi connectivity index (χ2v) is 6.05. The SMILES string of the molecule is Cc1ccc(-c2[nH]c3ccccc3c2SCC[NH3+])cc1. The Kier molecular flexibility index (Phi) is 3.81. The zero-order chi connectivity index (χ0) is 13.9. The van der Waals surface area contributed by atoms with Gasteiger partial charge in [-0.3, -0.25) is 0 Å². The van der Waals surface area contributed by atoms with E-state index in [4.69, 9.17) is 0 Å². The quantitative estimate of drug-likeness (QED) is 0.707. The van der Waals surface area contributed by atoms with E-state index in [0.29, 0.717) is 0 Å². The van der Waals surface area contributed by atoms with Crippen LogP contribution in [0.25, 0.3) is 22.2 Å². The van der Waals surface area contributed by atoms with Crippen molar-refractivity contribution >= 4 is 22.7 Å². The van der Waals surface area contributed by atoms with Gasteiger partial charge in [0.15, 0.2) is 0 Å². The van der Waals surface area contributed by atoms with Crippen LogP contribution >= 0.6 is 11.8 Å². The van der Waals surface area contributed by atoms with Crippen molar-refractivity contribution in [2.75, 3.05) is 12.3 Å². The van der Waals surface area contributed by atoms with E-state index in [-0.39, 0.29) is 0 Å². The number of aryl methyl sites for hydroxylation is 1. The van der Waals surface area contributed by atoms with Gasteiger partial charge < -0.3 is 10.7 Å². The smallest absolute Gasteiger partial charge is 0.0835 e. The highest BCUT2D eigenvalue weighted by Crippen LogP contribution is 2.37. The molecule has 0 radical (unpaired) electrons. The molecule has 20 heavy (non-hydrogen) atoms. The predicted molar refractivity (Wildman–Crippen MR) is 87.0 cm³/mol. The summed E-state index contributed by atoms with van der Waals surface area (Å²) in [4.78, 5) is 4.91. The van der Waals surface area contributed by atoms with Crippen molar-refractivity contribution in [3.8, 4) is 11.3 Å². The fourth-order valence-electron chi connectivity index (χ4n) is 2.36. The molecule has 0 bridgehead atoms. The Bertz CT molecular complexity index is 713. The second kappa shape index (κ2) is 5.73. The Hall–Kier alpha value is -1.71. The van der Waals surface area contributed by atoms with Crippen LogP contribution in [-0.4, -0.2) is 17.3 Å². The van der Waals surface area contributed by atoms with E-state index in [9.17, 15) is 0 Å². The van der Waals surface area contributed by atoms with Gasteiger partial charge in [-0.05, 0) is 18.6 Å². The van der Waals surface area contributed by atoms with Crippen molar-refractivity contribution in [2.24, 2.45) is 0 Å². The van der Waals surface area contributed by atoms with Gasteiger partial charge in [0.25, 0.3) is 0 Å². The highest BCUT2D eigenvalue weighted by atomic mass is 32.2. The maximum Gasteiger partial charge on any atom is 0.0835 e. The maximum atomic E-state index is 3.95. The fourth-order valence-corrected chi connectivity index (χ4v) is 3.36. The molecule has 1 heterocycles. The molecule has 0 saturated heterocycles. The van der Waals surface area contributed by atoms with E-state index in [0.717, 1.165) is 12.3 Å². The zero-order valence-corrected chi connectivity index (χ0v) is 12.5. The highest BCUT2D eigenvalue weighted by Gasteiger charge is 2.13. The minimum Gasteiger partial charge on any atom is -0.357 e. The van der Waals surface area contributed by atoms with Crippen LogP contribution in [0.15, 0.2) is 53.4 Å². The first kappa shape index (κ1) is 13.3. The summed E-state index contributed by atoms with van der Waals surface area (Å²) >= 11 is 1.89. The van der Waals surface area contributed by atoms with Crippen LogP contribution in [0.3, 0.4) is 0 Å². The molecule has 0 spiro atoms. The molecule has 3 heteroatoms. The lowest BCUT2D eigenvalue weighted by Crippen LogP contribution is -2.51. The number of para-hydroxylation sites is 1. The monoisotopic (exact) mass is 283 g/mol. The average molecular weight is 283 g/mol. The maximum absolute atomic E-state index is 3.95. The summed E-state index contributed by atoms with van der Waals surface area (Å²) in [6, 6.07) is 17.2. The van der Waals surface area contributed by atoms with Crippen LogP contribution in [0.2, 0.25) is 0 Å². The van der Waals surface area contributed by atoms with Crippen molar-refractivity contribution in [3.05, 3.63) is 54.1 Å². The molecular weight excluding hydrogens is 264 g/mol. The summed E-state index contributed by atoms with van der Waals surface area (Å²) in [6.45, 7) is 3.06. The summed E-state index contributed by atoms with van der Waals surface area (Å²) in [5.74, 6) is 1.04. The molecule has 0 aliphatic rings. The van der Waals surface area contributed by atoms with Gasteiger partial charge in [0.2, 0.25) is 0 Å². The number of hydrogen-bond acceptors (Lipinski definition) is 1.